The molecule has 1 aromatic heterocycles. The van der Waals surface area contributed by atoms with Gasteiger partial charge in [-0.1, -0.05) is 0 Å². The van der Waals surface area contributed by atoms with E-state index in [0.717, 1.165) is 37.6 Å². The van der Waals surface area contributed by atoms with E-state index >= 15 is 0 Å². The van der Waals surface area contributed by atoms with Gasteiger partial charge >= 0.3 is 0 Å². The molecule has 1 atom stereocenters. The number of hydrogen-bond donors (Lipinski definition) is 1. The first-order valence-electron chi connectivity index (χ1n) is 6.07. The van der Waals surface area contributed by atoms with Crippen LogP contribution < -0.4 is 5.32 Å². The van der Waals surface area contributed by atoms with Gasteiger partial charge in [-0.2, -0.15) is 0 Å². The third-order valence-corrected chi connectivity index (χ3v) is 3.25. The van der Waals surface area contributed by atoms with Crippen LogP contribution in [0.1, 0.15) is 42.9 Å². The fourth-order valence-electron chi connectivity index (χ4n) is 2.39. The van der Waals surface area contributed by atoms with E-state index in [1.807, 2.05) is 13.8 Å². The third-order valence-electron chi connectivity index (χ3n) is 3.25. The Bertz CT molecular complexity index is 340. The topological polar surface area (TPSA) is 34.4 Å². The molecule has 0 bridgehead atoms. The van der Waals surface area contributed by atoms with Crippen molar-refractivity contribution in [1.82, 2.24) is 5.32 Å². The Morgan fingerprint density at radius 3 is 2.56 bits per heavy atom. The van der Waals surface area contributed by atoms with E-state index in [2.05, 4.69) is 18.3 Å². The first kappa shape index (κ1) is 11.7. The molecule has 1 unspecified atom stereocenters. The highest BCUT2D eigenvalue weighted by Gasteiger charge is 2.19. The molecule has 0 amide bonds. The number of rotatable bonds is 3. The number of furan rings is 1. The van der Waals surface area contributed by atoms with Crippen LogP contribution in [0.15, 0.2) is 10.5 Å². The highest BCUT2D eigenvalue weighted by Crippen LogP contribution is 2.22. The SMILES string of the molecule is Cc1cc(C(C)NC2CCOCC2)c(C)o1. The summed E-state index contributed by atoms with van der Waals surface area (Å²) in [4.78, 5) is 0. The summed E-state index contributed by atoms with van der Waals surface area (Å²) < 4.78 is 10.9. The van der Waals surface area contributed by atoms with Crippen molar-refractivity contribution in [2.75, 3.05) is 13.2 Å². The van der Waals surface area contributed by atoms with Crippen molar-refractivity contribution in [1.29, 1.82) is 0 Å². The fourth-order valence-corrected chi connectivity index (χ4v) is 2.39. The van der Waals surface area contributed by atoms with Gasteiger partial charge in [-0.25, -0.2) is 0 Å². The van der Waals surface area contributed by atoms with Gasteiger partial charge in [0.25, 0.3) is 0 Å². The Hall–Kier alpha value is -0.800. The van der Waals surface area contributed by atoms with Crippen LogP contribution in [-0.4, -0.2) is 19.3 Å². The first-order chi connectivity index (χ1) is 7.66. The predicted octanol–water partition coefficient (Wildman–Crippen LogP) is 2.73. The molecule has 16 heavy (non-hydrogen) atoms. The van der Waals surface area contributed by atoms with Crippen LogP contribution in [-0.2, 0) is 4.74 Å². The fraction of sp³-hybridized carbons (Fsp3) is 0.692. The zero-order valence-electron chi connectivity index (χ0n) is 10.4. The summed E-state index contributed by atoms with van der Waals surface area (Å²) in [7, 11) is 0. The molecule has 90 valence electrons. The van der Waals surface area contributed by atoms with Crippen LogP contribution in [0.4, 0.5) is 0 Å². The summed E-state index contributed by atoms with van der Waals surface area (Å²) in [5, 5.41) is 3.65. The van der Waals surface area contributed by atoms with E-state index < -0.39 is 0 Å². The zero-order valence-corrected chi connectivity index (χ0v) is 10.4. The summed E-state index contributed by atoms with van der Waals surface area (Å²) in [5.74, 6) is 2.03. The molecule has 1 aliphatic rings. The van der Waals surface area contributed by atoms with Crippen molar-refractivity contribution < 1.29 is 9.15 Å². The molecular formula is C13H21NO2. The lowest BCUT2D eigenvalue weighted by molar-refractivity contribution is 0.0754. The number of hydrogen-bond acceptors (Lipinski definition) is 3. The van der Waals surface area contributed by atoms with E-state index in [-0.39, 0.29) is 0 Å². The smallest absolute Gasteiger partial charge is 0.105 e. The quantitative estimate of drug-likeness (QED) is 0.855. The zero-order chi connectivity index (χ0) is 11.5. The van der Waals surface area contributed by atoms with Crippen LogP contribution in [0.2, 0.25) is 0 Å². The Labute approximate surface area is 97.2 Å². The lowest BCUT2D eigenvalue weighted by Gasteiger charge is -2.26. The molecule has 0 saturated carbocycles. The average molecular weight is 223 g/mol. The molecular weight excluding hydrogens is 202 g/mol. The van der Waals surface area contributed by atoms with Gasteiger partial charge < -0.3 is 14.5 Å². The largest absolute Gasteiger partial charge is 0.466 e. The molecule has 3 nitrogen and oxygen atoms in total. The maximum Gasteiger partial charge on any atom is 0.105 e. The Balaban J connectivity index is 1.96. The molecule has 1 aliphatic heterocycles. The van der Waals surface area contributed by atoms with Gasteiger partial charge in [-0.3, -0.25) is 0 Å². The Morgan fingerprint density at radius 2 is 2.00 bits per heavy atom. The minimum absolute atomic E-state index is 0.362. The van der Waals surface area contributed by atoms with E-state index in [1.54, 1.807) is 0 Å². The van der Waals surface area contributed by atoms with E-state index in [4.69, 9.17) is 9.15 Å². The van der Waals surface area contributed by atoms with Crippen molar-refractivity contribution in [3.63, 3.8) is 0 Å². The lowest BCUT2D eigenvalue weighted by Crippen LogP contribution is -2.36. The third kappa shape index (κ3) is 2.66. The number of aryl methyl sites for hydroxylation is 2. The second-order valence-electron chi connectivity index (χ2n) is 4.64. The highest BCUT2D eigenvalue weighted by atomic mass is 16.5. The van der Waals surface area contributed by atoms with E-state index in [0.29, 0.717) is 12.1 Å². The predicted molar refractivity (Wildman–Crippen MR) is 63.6 cm³/mol. The van der Waals surface area contributed by atoms with Gasteiger partial charge in [0.2, 0.25) is 0 Å². The molecule has 0 aliphatic carbocycles. The standard InChI is InChI=1S/C13H21NO2/c1-9-8-13(11(3)16-9)10(2)14-12-4-6-15-7-5-12/h8,10,12,14H,4-7H2,1-3H3. The van der Waals surface area contributed by atoms with Crippen LogP contribution in [0.3, 0.4) is 0 Å². The second-order valence-corrected chi connectivity index (χ2v) is 4.64. The molecule has 2 rings (SSSR count). The average Bonchev–Trinajstić information content (AvgIpc) is 2.59. The van der Waals surface area contributed by atoms with Crippen molar-refractivity contribution in [2.24, 2.45) is 0 Å². The van der Waals surface area contributed by atoms with Crippen molar-refractivity contribution in [3.05, 3.63) is 23.2 Å². The maximum atomic E-state index is 5.56. The molecule has 1 saturated heterocycles. The van der Waals surface area contributed by atoms with Crippen molar-refractivity contribution >= 4 is 0 Å². The molecule has 0 spiro atoms. The summed E-state index contributed by atoms with van der Waals surface area (Å²) in [6.45, 7) is 8.00. The second kappa shape index (κ2) is 5.02. The maximum absolute atomic E-state index is 5.56. The van der Waals surface area contributed by atoms with Gasteiger partial charge in [0.1, 0.15) is 11.5 Å². The number of ether oxygens (including phenoxy) is 1. The molecule has 1 aromatic rings. The minimum atomic E-state index is 0.362. The van der Waals surface area contributed by atoms with Crippen LogP contribution in [0.25, 0.3) is 0 Å². The van der Waals surface area contributed by atoms with Crippen LogP contribution in [0.5, 0.6) is 0 Å². The summed E-state index contributed by atoms with van der Waals surface area (Å²) in [6, 6.07) is 3.07. The van der Waals surface area contributed by atoms with E-state index in [1.165, 1.54) is 5.56 Å². The molecule has 1 fully saturated rings. The first-order valence-corrected chi connectivity index (χ1v) is 6.07. The highest BCUT2D eigenvalue weighted by molar-refractivity contribution is 5.23. The molecule has 0 radical (unpaired) electrons. The summed E-state index contributed by atoms with van der Waals surface area (Å²) >= 11 is 0. The van der Waals surface area contributed by atoms with Gasteiger partial charge in [0, 0.05) is 30.9 Å². The number of nitrogens with one attached hydrogen (secondary N) is 1. The van der Waals surface area contributed by atoms with Crippen LogP contribution in [0, 0.1) is 13.8 Å². The molecule has 2 heterocycles. The summed E-state index contributed by atoms with van der Waals surface area (Å²) in [5.41, 5.74) is 1.28. The van der Waals surface area contributed by atoms with Crippen LogP contribution >= 0.6 is 0 Å². The molecule has 1 N–H and O–H groups in total. The molecule has 3 heteroatoms. The Kier molecular flexibility index (Phi) is 3.66. The van der Waals surface area contributed by atoms with Crippen molar-refractivity contribution in [3.8, 4) is 0 Å². The minimum Gasteiger partial charge on any atom is -0.466 e. The van der Waals surface area contributed by atoms with Crippen molar-refractivity contribution in [2.45, 2.75) is 45.7 Å². The normalized spacial score (nSPS) is 19.9. The van der Waals surface area contributed by atoms with Gasteiger partial charge in [0.05, 0.1) is 0 Å². The van der Waals surface area contributed by atoms with Gasteiger partial charge in [-0.05, 0) is 39.7 Å². The lowest BCUT2D eigenvalue weighted by atomic mass is 10.0. The molecule has 0 aromatic carbocycles. The van der Waals surface area contributed by atoms with E-state index in [9.17, 15) is 0 Å². The van der Waals surface area contributed by atoms with Gasteiger partial charge in [0.15, 0.2) is 0 Å². The monoisotopic (exact) mass is 223 g/mol. The summed E-state index contributed by atoms with van der Waals surface area (Å²) in [6.07, 6.45) is 2.22. The van der Waals surface area contributed by atoms with Gasteiger partial charge in [-0.15, -0.1) is 0 Å². The Morgan fingerprint density at radius 1 is 1.31 bits per heavy atom.